The van der Waals surface area contributed by atoms with Crippen molar-refractivity contribution in [3.63, 3.8) is 0 Å². The van der Waals surface area contributed by atoms with Crippen LogP contribution in [0.3, 0.4) is 0 Å². The topological polar surface area (TPSA) is 40.5 Å². The van der Waals surface area contributed by atoms with Gasteiger partial charge in [0.05, 0.1) is 0 Å². The van der Waals surface area contributed by atoms with Crippen LogP contribution in [-0.2, 0) is 4.79 Å². The zero-order valence-corrected chi connectivity index (χ0v) is 11.8. The second kappa shape index (κ2) is 5.72. The van der Waals surface area contributed by atoms with Gasteiger partial charge in [-0.3, -0.25) is 4.79 Å². The van der Waals surface area contributed by atoms with Crippen molar-refractivity contribution in [3.8, 4) is 0 Å². The van der Waals surface area contributed by atoms with E-state index >= 15 is 0 Å². The van der Waals surface area contributed by atoms with Crippen LogP contribution in [0.4, 0.5) is 8.78 Å². The number of carbonyl (C=O) groups excluding carboxylic acids is 1. The molecule has 0 aromatic heterocycles. The van der Waals surface area contributed by atoms with E-state index in [0.29, 0.717) is 25.1 Å². The zero-order valence-electron chi connectivity index (χ0n) is 11.8. The van der Waals surface area contributed by atoms with Gasteiger partial charge >= 0.3 is 0 Å². The number of hydrogen-bond donors (Lipinski definition) is 1. The maximum atomic E-state index is 13.7. The van der Waals surface area contributed by atoms with Crippen LogP contribution >= 0.6 is 0 Å². The average Bonchev–Trinajstić information content (AvgIpc) is 3.30. The van der Waals surface area contributed by atoms with Gasteiger partial charge in [-0.2, -0.15) is 0 Å². The molecule has 2 unspecified atom stereocenters. The summed E-state index contributed by atoms with van der Waals surface area (Å²) in [5.74, 6) is -1.76. The van der Waals surface area contributed by atoms with Gasteiger partial charge in [-0.05, 0) is 42.7 Å². The van der Waals surface area contributed by atoms with Crippen LogP contribution in [0.1, 0.15) is 30.7 Å². The molecule has 1 aliphatic heterocycles. The lowest BCUT2D eigenvalue weighted by molar-refractivity contribution is -0.134. The van der Waals surface area contributed by atoms with Gasteiger partial charge in [0.2, 0.25) is 5.91 Å². The van der Waals surface area contributed by atoms with E-state index in [4.69, 9.17) is 5.11 Å². The lowest BCUT2D eigenvalue weighted by atomic mass is 9.97. The van der Waals surface area contributed by atoms with Gasteiger partial charge in [-0.1, -0.05) is 12.1 Å². The van der Waals surface area contributed by atoms with Crippen molar-refractivity contribution in [2.45, 2.75) is 25.2 Å². The molecule has 0 bridgehead atoms. The summed E-state index contributed by atoms with van der Waals surface area (Å²) in [4.78, 5) is 14.2. The summed E-state index contributed by atoms with van der Waals surface area (Å²) >= 11 is 0. The Bertz CT molecular complexity index is 541. The van der Waals surface area contributed by atoms with E-state index in [1.807, 2.05) is 0 Å². The Morgan fingerprint density at radius 1 is 1.29 bits per heavy atom. The van der Waals surface area contributed by atoms with Gasteiger partial charge in [0.25, 0.3) is 0 Å². The van der Waals surface area contributed by atoms with Crippen LogP contribution in [0.15, 0.2) is 18.2 Å². The fourth-order valence-corrected chi connectivity index (χ4v) is 3.19. The number of amides is 1. The van der Waals surface area contributed by atoms with Crippen LogP contribution in [-0.4, -0.2) is 35.6 Å². The molecule has 2 aliphatic rings. The number of benzene rings is 1. The Morgan fingerprint density at radius 3 is 2.67 bits per heavy atom. The highest BCUT2D eigenvalue weighted by Gasteiger charge is 2.47. The summed E-state index contributed by atoms with van der Waals surface area (Å²) in [5, 5.41) is 9.10. The highest BCUT2D eigenvalue weighted by molar-refractivity contribution is 5.83. The first-order valence-corrected chi connectivity index (χ1v) is 7.45. The third-order valence-electron chi connectivity index (χ3n) is 4.67. The number of likely N-dealkylation sites (tertiary alicyclic amines) is 1. The Morgan fingerprint density at radius 2 is 2.00 bits per heavy atom. The number of halogens is 2. The van der Waals surface area contributed by atoms with Crippen molar-refractivity contribution in [2.24, 2.45) is 11.8 Å². The van der Waals surface area contributed by atoms with E-state index in [1.54, 1.807) is 11.0 Å². The van der Waals surface area contributed by atoms with Crippen molar-refractivity contribution in [1.82, 2.24) is 4.90 Å². The van der Waals surface area contributed by atoms with E-state index in [2.05, 4.69) is 0 Å². The summed E-state index contributed by atoms with van der Waals surface area (Å²) < 4.78 is 27.0. The van der Waals surface area contributed by atoms with Gasteiger partial charge in [0.15, 0.2) is 11.6 Å². The van der Waals surface area contributed by atoms with Crippen molar-refractivity contribution in [3.05, 3.63) is 35.4 Å². The number of nitrogens with zero attached hydrogens (tertiary/aromatic N) is 1. The fraction of sp³-hybridized carbons (Fsp3) is 0.562. The molecule has 21 heavy (non-hydrogen) atoms. The molecule has 1 saturated carbocycles. The van der Waals surface area contributed by atoms with Crippen LogP contribution in [0, 0.1) is 23.5 Å². The molecule has 1 saturated heterocycles. The average molecular weight is 295 g/mol. The molecule has 1 aromatic carbocycles. The number of aliphatic hydroxyl groups is 1. The van der Waals surface area contributed by atoms with Gasteiger partial charge in [-0.25, -0.2) is 8.78 Å². The highest BCUT2D eigenvalue weighted by Crippen LogP contribution is 2.49. The number of carbonyl (C=O) groups is 1. The molecule has 1 aliphatic carbocycles. The lowest BCUT2D eigenvalue weighted by Gasteiger charge is -2.31. The Kier molecular flexibility index (Phi) is 3.93. The van der Waals surface area contributed by atoms with Crippen LogP contribution in [0.2, 0.25) is 0 Å². The SMILES string of the molecule is O=C(C1CC1c1cccc(F)c1F)N1CCC(CO)CC1. The maximum Gasteiger partial charge on any atom is 0.226 e. The summed E-state index contributed by atoms with van der Waals surface area (Å²) in [6.45, 7) is 1.47. The minimum atomic E-state index is -0.852. The number of hydrogen-bond acceptors (Lipinski definition) is 2. The van der Waals surface area contributed by atoms with Gasteiger partial charge in [0, 0.05) is 25.6 Å². The quantitative estimate of drug-likeness (QED) is 0.929. The molecular formula is C16H19F2NO2. The van der Waals surface area contributed by atoms with E-state index in [0.717, 1.165) is 18.9 Å². The van der Waals surface area contributed by atoms with Crippen molar-refractivity contribution in [1.29, 1.82) is 0 Å². The summed E-state index contributed by atoms with van der Waals surface area (Å²) in [6.07, 6.45) is 2.22. The van der Waals surface area contributed by atoms with E-state index < -0.39 is 11.6 Å². The normalized spacial score (nSPS) is 26.0. The largest absolute Gasteiger partial charge is 0.396 e. The first kappa shape index (κ1) is 14.4. The van der Waals surface area contributed by atoms with Crippen molar-refractivity contribution in [2.75, 3.05) is 19.7 Å². The number of aliphatic hydroxyl groups excluding tert-OH is 1. The van der Waals surface area contributed by atoms with Crippen LogP contribution < -0.4 is 0 Å². The first-order chi connectivity index (χ1) is 10.1. The monoisotopic (exact) mass is 295 g/mol. The Balaban J connectivity index is 1.63. The molecule has 3 nitrogen and oxygen atoms in total. The van der Waals surface area contributed by atoms with E-state index in [1.165, 1.54) is 6.07 Å². The van der Waals surface area contributed by atoms with E-state index in [9.17, 15) is 13.6 Å². The second-order valence-electron chi connectivity index (χ2n) is 6.04. The van der Waals surface area contributed by atoms with E-state index in [-0.39, 0.29) is 30.3 Å². The summed E-state index contributed by atoms with van der Waals surface area (Å²) in [6, 6.07) is 4.15. The molecule has 1 aromatic rings. The molecule has 1 heterocycles. The molecule has 5 heteroatoms. The molecule has 114 valence electrons. The third kappa shape index (κ3) is 2.79. The molecule has 0 radical (unpaired) electrons. The highest BCUT2D eigenvalue weighted by atomic mass is 19.2. The van der Waals surface area contributed by atoms with Crippen molar-refractivity contribution >= 4 is 5.91 Å². The maximum absolute atomic E-state index is 13.7. The van der Waals surface area contributed by atoms with Gasteiger partial charge in [-0.15, -0.1) is 0 Å². The Labute approximate surface area is 122 Å². The molecule has 1 amide bonds. The molecule has 2 fully saturated rings. The first-order valence-electron chi connectivity index (χ1n) is 7.45. The Hall–Kier alpha value is -1.49. The molecular weight excluding hydrogens is 276 g/mol. The predicted octanol–water partition coefficient (Wildman–Crippen LogP) is 2.30. The predicted molar refractivity (Wildman–Crippen MR) is 73.6 cm³/mol. The van der Waals surface area contributed by atoms with Crippen LogP contribution in [0.5, 0.6) is 0 Å². The number of rotatable bonds is 3. The van der Waals surface area contributed by atoms with Crippen LogP contribution in [0.25, 0.3) is 0 Å². The second-order valence-corrected chi connectivity index (χ2v) is 6.04. The minimum absolute atomic E-state index is 0.0417. The van der Waals surface area contributed by atoms with Gasteiger partial charge < -0.3 is 10.0 Å². The lowest BCUT2D eigenvalue weighted by Crippen LogP contribution is -2.40. The third-order valence-corrected chi connectivity index (χ3v) is 4.67. The fourth-order valence-electron chi connectivity index (χ4n) is 3.19. The molecule has 2 atom stereocenters. The molecule has 0 spiro atoms. The molecule has 3 rings (SSSR count). The zero-order chi connectivity index (χ0) is 15.0. The minimum Gasteiger partial charge on any atom is -0.396 e. The van der Waals surface area contributed by atoms with Crippen molar-refractivity contribution < 1.29 is 18.7 Å². The van der Waals surface area contributed by atoms with Gasteiger partial charge in [0.1, 0.15) is 0 Å². The summed E-state index contributed by atoms with van der Waals surface area (Å²) in [5.41, 5.74) is 0.318. The summed E-state index contributed by atoms with van der Waals surface area (Å²) in [7, 11) is 0. The standard InChI is InChI=1S/C16H19F2NO2/c17-14-3-1-2-11(15(14)18)12-8-13(12)16(21)19-6-4-10(9-20)5-7-19/h1-3,10,12-13,20H,4-9H2. The number of piperidine rings is 1. The molecule has 1 N–H and O–H groups in total. The smallest absolute Gasteiger partial charge is 0.226 e.